The van der Waals surface area contributed by atoms with Crippen LogP contribution in [0.4, 0.5) is 0 Å². The molecule has 0 aromatic heterocycles. The van der Waals surface area contributed by atoms with Gasteiger partial charge in [0, 0.05) is 0 Å². The van der Waals surface area contributed by atoms with Crippen LogP contribution in [-0.4, -0.2) is 13.0 Å². The van der Waals surface area contributed by atoms with Crippen LogP contribution in [0.25, 0.3) is 0 Å². The van der Waals surface area contributed by atoms with Crippen molar-refractivity contribution in [3.05, 3.63) is 48.0 Å². The van der Waals surface area contributed by atoms with Gasteiger partial charge in [0.1, 0.15) is 10.6 Å². The van der Waals surface area contributed by atoms with Crippen molar-refractivity contribution in [1.82, 2.24) is 0 Å². The summed E-state index contributed by atoms with van der Waals surface area (Å²) in [5, 5.41) is 11.2. The number of benzene rings is 2. The first-order valence-electron chi connectivity index (χ1n) is 7.96. The van der Waals surface area contributed by atoms with Crippen molar-refractivity contribution in [3.63, 3.8) is 0 Å². The van der Waals surface area contributed by atoms with E-state index in [4.69, 9.17) is 4.74 Å². The van der Waals surface area contributed by atoms with Gasteiger partial charge >= 0.3 is 29.6 Å². The van der Waals surface area contributed by atoms with Gasteiger partial charge in [-0.1, -0.05) is 50.5 Å². The van der Waals surface area contributed by atoms with Crippen LogP contribution < -0.4 is 39.4 Å². The van der Waals surface area contributed by atoms with E-state index in [-0.39, 0.29) is 46.0 Å². The SMILES string of the molecule is CCCCCCc1cccc(S(=O)(=O)O)c1Oc1ccc([O-])cc1.[Na+]. The van der Waals surface area contributed by atoms with Gasteiger partial charge in [-0.15, -0.1) is 5.75 Å². The summed E-state index contributed by atoms with van der Waals surface area (Å²) in [6, 6.07) is 10.3. The van der Waals surface area contributed by atoms with Crippen LogP contribution in [0.3, 0.4) is 0 Å². The smallest absolute Gasteiger partial charge is 0.872 e. The minimum Gasteiger partial charge on any atom is -0.872 e. The molecule has 0 aliphatic carbocycles. The van der Waals surface area contributed by atoms with E-state index < -0.39 is 10.1 Å². The molecular weight excluding hydrogens is 351 g/mol. The molecule has 7 heteroatoms. The van der Waals surface area contributed by atoms with Crippen molar-refractivity contribution in [1.29, 1.82) is 0 Å². The summed E-state index contributed by atoms with van der Waals surface area (Å²) in [7, 11) is -4.41. The third kappa shape index (κ3) is 6.64. The Morgan fingerprint density at radius 3 is 2.32 bits per heavy atom. The molecule has 0 bridgehead atoms. The van der Waals surface area contributed by atoms with Gasteiger partial charge in [-0.2, -0.15) is 8.42 Å². The minimum absolute atomic E-state index is 0. The molecule has 0 saturated heterocycles. The predicted molar refractivity (Wildman–Crippen MR) is 90.1 cm³/mol. The Kier molecular flexibility index (Phi) is 8.96. The zero-order chi connectivity index (χ0) is 17.6. The van der Waals surface area contributed by atoms with Gasteiger partial charge in [0.15, 0.2) is 5.75 Å². The number of rotatable bonds is 8. The normalized spacial score (nSPS) is 11.0. The Hall–Kier alpha value is -1.05. The largest absolute Gasteiger partial charge is 1.00 e. The van der Waals surface area contributed by atoms with Crippen LogP contribution in [0, 0.1) is 0 Å². The van der Waals surface area contributed by atoms with Crippen molar-refractivity contribution in [2.75, 3.05) is 0 Å². The van der Waals surface area contributed by atoms with Crippen LogP contribution in [0.2, 0.25) is 0 Å². The van der Waals surface area contributed by atoms with Gasteiger partial charge in [0.2, 0.25) is 0 Å². The quantitative estimate of drug-likeness (QED) is 0.423. The molecule has 1 N–H and O–H groups in total. The predicted octanol–water partition coefficient (Wildman–Crippen LogP) is 0.926. The molecule has 5 nitrogen and oxygen atoms in total. The summed E-state index contributed by atoms with van der Waals surface area (Å²) in [6.45, 7) is 2.12. The number of aryl methyl sites for hydroxylation is 1. The second-order valence-corrected chi connectivity index (χ2v) is 6.99. The van der Waals surface area contributed by atoms with Gasteiger partial charge in [0.25, 0.3) is 10.1 Å². The number of hydrogen-bond donors (Lipinski definition) is 1. The van der Waals surface area contributed by atoms with E-state index >= 15 is 0 Å². The molecule has 25 heavy (non-hydrogen) atoms. The maximum atomic E-state index is 11.7. The summed E-state index contributed by atoms with van der Waals surface area (Å²) in [6.07, 6.45) is 4.81. The number of hydrogen-bond acceptors (Lipinski definition) is 4. The molecule has 0 unspecified atom stereocenters. The minimum atomic E-state index is -4.41. The van der Waals surface area contributed by atoms with Crippen molar-refractivity contribution in [3.8, 4) is 17.2 Å². The average Bonchev–Trinajstić information content (AvgIpc) is 2.54. The fourth-order valence-electron chi connectivity index (χ4n) is 2.44. The van der Waals surface area contributed by atoms with Gasteiger partial charge in [-0.3, -0.25) is 4.55 Å². The summed E-state index contributed by atoms with van der Waals surface area (Å²) >= 11 is 0. The van der Waals surface area contributed by atoms with Gasteiger partial charge in [-0.05, 0) is 36.6 Å². The standard InChI is InChI=1S/C18H22O5S.Na/c1-2-3-4-5-7-14-8-6-9-17(24(20,21)22)18(14)23-16-12-10-15(19)11-13-16;/h6,8-13,19H,2-5,7H2,1H3,(H,20,21,22);/q;+1/p-1. The molecule has 2 aromatic carbocycles. The molecule has 0 atom stereocenters. The molecule has 0 radical (unpaired) electrons. The number of ether oxygens (including phenoxy) is 1. The third-order valence-electron chi connectivity index (χ3n) is 3.68. The first-order chi connectivity index (χ1) is 11.4. The maximum absolute atomic E-state index is 11.7. The van der Waals surface area contributed by atoms with E-state index in [1.165, 1.54) is 30.3 Å². The summed E-state index contributed by atoms with van der Waals surface area (Å²) in [5.41, 5.74) is 0.715. The molecule has 0 spiro atoms. The van der Waals surface area contributed by atoms with Crippen LogP contribution in [-0.2, 0) is 16.5 Å². The summed E-state index contributed by atoms with van der Waals surface area (Å²) in [4.78, 5) is -0.262. The average molecular weight is 372 g/mol. The Morgan fingerprint density at radius 1 is 1.04 bits per heavy atom. The van der Waals surface area contributed by atoms with Crippen LogP contribution in [0.15, 0.2) is 47.4 Å². The van der Waals surface area contributed by atoms with E-state index in [1.807, 2.05) is 0 Å². The van der Waals surface area contributed by atoms with Crippen molar-refractivity contribution in [2.45, 2.75) is 43.9 Å². The topological polar surface area (TPSA) is 86.7 Å². The zero-order valence-electron chi connectivity index (χ0n) is 14.6. The fourth-order valence-corrected chi connectivity index (χ4v) is 3.10. The Balaban J connectivity index is 0.00000312. The van der Waals surface area contributed by atoms with Crippen molar-refractivity contribution >= 4 is 10.1 Å². The molecule has 0 saturated carbocycles. The van der Waals surface area contributed by atoms with E-state index in [1.54, 1.807) is 12.1 Å². The van der Waals surface area contributed by atoms with Gasteiger partial charge in [-0.25, -0.2) is 0 Å². The second kappa shape index (κ2) is 10.2. The van der Waals surface area contributed by atoms with E-state index in [0.29, 0.717) is 17.7 Å². The molecule has 2 rings (SSSR count). The molecule has 0 amide bonds. The fraction of sp³-hybridized carbons (Fsp3) is 0.333. The molecule has 2 aromatic rings. The van der Waals surface area contributed by atoms with Crippen LogP contribution in [0.1, 0.15) is 38.2 Å². The van der Waals surface area contributed by atoms with Gasteiger partial charge < -0.3 is 9.84 Å². The number of unbranched alkanes of at least 4 members (excludes halogenated alkanes) is 3. The summed E-state index contributed by atoms with van der Waals surface area (Å²) in [5.74, 6) is 0.306. The second-order valence-electron chi connectivity index (χ2n) is 5.60. The van der Waals surface area contributed by atoms with Crippen molar-refractivity contribution in [2.24, 2.45) is 0 Å². The van der Waals surface area contributed by atoms with E-state index in [2.05, 4.69) is 6.92 Å². The molecule has 0 aliphatic rings. The van der Waals surface area contributed by atoms with Crippen molar-refractivity contribution < 1.29 is 52.4 Å². The molecule has 0 fully saturated rings. The van der Waals surface area contributed by atoms with E-state index in [0.717, 1.165) is 25.7 Å². The molecular formula is C18H21NaO5S. The molecule has 0 heterocycles. The molecule has 130 valence electrons. The number of para-hydroxylation sites is 1. The first-order valence-corrected chi connectivity index (χ1v) is 9.40. The van der Waals surface area contributed by atoms with Crippen LogP contribution >= 0.6 is 0 Å². The monoisotopic (exact) mass is 372 g/mol. The van der Waals surface area contributed by atoms with Crippen LogP contribution in [0.5, 0.6) is 17.2 Å². The van der Waals surface area contributed by atoms with E-state index in [9.17, 15) is 18.1 Å². The Labute approximate surface area is 171 Å². The maximum Gasteiger partial charge on any atom is 1.00 e. The Morgan fingerprint density at radius 2 is 1.72 bits per heavy atom. The van der Waals surface area contributed by atoms with Gasteiger partial charge in [0.05, 0.1) is 0 Å². The summed E-state index contributed by atoms with van der Waals surface area (Å²) < 4.78 is 38.5. The third-order valence-corrected chi connectivity index (χ3v) is 4.56. The first kappa shape index (κ1) is 22.0. The molecule has 0 aliphatic heterocycles. The zero-order valence-corrected chi connectivity index (χ0v) is 17.4. The Bertz CT molecular complexity index is 773.